The van der Waals surface area contributed by atoms with Gasteiger partial charge in [0.25, 0.3) is 0 Å². The zero-order valence-electron chi connectivity index (χ0n) is 45.4. The maximum absolute atomic E-state index is 15.4. The van der Waals surface area contributed by atoms with Gasteiger partial charge in [-0.15, -0.1) is 0 Å². The van der Waals surface area contributed by atoms with E-state index in [0.717, 1.165) is 38.3 Å². The topological polar surface area (TPSA) is 109 Å². The van der Waals surface area contributed by atoms with Crippen molar-refractivity contribution in [2.45, 2.75) is 105 Å². The molecule has 2 fully saturated rings. The molecule has 0 spiro atoms. The van der Waals surface area contributed by atoms with Crippen LogP contribution < -0.4 is 0 Å². The number of thioether (sulfide) groups is 1. The van der Waals surface area contributed by atoms with E-state index in [0.29, 0.717) is 0 Å². The Morgan fingerprint density at radius 1 is 0.369 bits per heavy atom. The van der Waals surface area contributed by atoms with Gasteiger partial charge in [0.1, 0.15) is 66.4 Å². The number of benzene rings is 8. The quantitative estimate of drug-likeness (QED) is 0.0223. The molecular weight excluding hydrogens is 1110 g/mol. The summed E-state index contributed by atoms with van der Waals surface area (Å²) >= 11 is 1.26. The fourth-order valence-electron chi connectivity index (χ4n) is 9.83. The molecule has 436 valence electrons. The summed E-state index contributed by atoms with van der Waals surface area (Å²) in [5.41, 5.74) is 2.17. The van der Waals surface area contributed by atoms with Gasteiger partial charge in [0.15, 0.2) is 29.6 Å². The third-order valence-electron chi connectivity index (χ3n) is 14.1. The van der Waals surface area contributed by atoms with E-state index in [9.17, 15) is 18.0 Å². The van der Waals surface area contributed by atoms with Crippen LogP contribution in [0.25, 0.3) is 0 Å². The fraction of sp³-hybridized carbons (Fsp3) is 0.269. The highest BCUT2D eigenvalue weighted by Gasteiger charge is 2.55. The second-order valence-corrected chi connectivity index (χ2v) is 21.1. The Hall–Kier alpha value is -7.13. The van der Waals surface area contributed by atoms with Crippen molar-refractivity contribution < 1.29 is 74.1 Å². The lowest BCUT2D eigenvalue weighted by atomic mass is 9.96. The van der Waals surface area contributed by atoms with E-state index in [1.165, 1.54) is 11.8 Å². The Morgan fingerprint density at radius 3 is 1.15 bits per heavy atom. The average Bonchev–Trinajstić information content (AvgIpc) is 3.53. The van der Waals surface area contributed by atoms with Crippen LogP contribution in [0.2, 0.25) is 0 Å². The standard InChI is InChI=1S/C67H61F5O11S/c68-54-53(55(69)57(71)58(72)56(54)70)65(73)80-43-52-60(62(77-39-47-28-14-4-15-29-47)64(79-41-49-32-18-6-19-33-49)67(82-52)84-50-34-20-7-21-35-50)83-66-63(78-40-48-30-16-5-17-31-48)61(76-38-46-26-12-3-13-27-46)59(75-37-45-24-10-2-11-25-45)51(81-66)42-74-36-44-22-8-1-9-23-44/h1-35,51-52,59-64,66-67H,36-43H2. The lowest BCUT2D eigenvalue weighted by Crippen LogP contribution is -2.66. The van der Waals surface area contributed by atoms with Crippen LogP contribution in [0, 0.1) is 29.1 Å². The normalized spacial score (nSPS) is 22.3. The lowest BCUT2D eigenvalue weighted by molar-refractivity contribution is -0.359. The van der Waals surface area contributed by atoms with E-state index < -0.39 is 108 Å². The number of hydrogen-bond acceptors (Lipinski definition) is 12. The zero-order chi connectivity index (χ0) is 58.0. The largest absolute Gasteiger partial charge is 0.459 e. The third-order valence-corrected chi connectivity index (χ3v) is 15.2. The van der Waals surface area contributed by atoms with Crippen molar-refractivity contribution in [1.29, 1.82) is 0 Å². The maximum Gasteiger partial charge on any atom is 0.344 e. The summed E-state index contributed by atoms with van der Waals surface area (Å²) in [7, 11) is 0. The van der Waals surface area contributed by atoms with Gasteiger partial charge in [-0.3, -0.25) is 0 Å². The Balaban J connectivity index is 1.09. The predicted molar refractivity (Wildman–Crippen MR) is 302 cm³/mol. The summed E-state index contributed by atoms with van der Waals surface area (Å²) in [6.45, 7) is -0.458. The van der Waals surface area contributed by atoms with Crippen LogP contribution in [-0.4, -0.2) is 79.7 Å². The second kappa shape index (κ2) is 30.1. The molecule has 8 aromatic rings. The second-order valence-electron chi connectivity index (χ2n) is 20.0. The first kappa shape index (κ1) is 60.0. The molecule has 0 aromatic heterocycles. The van der Waals surface area contributed by atoms with Gasteiger partial charge in [-0.05, 0) is 45.5 Å². The van der Waals surface area contributed by atoms with Gasteiger partial charge in [0.05, 0.1) is 46.2 Å². The minimum absolute atomic E-state index is 0.0238. The van der Waals surface area contributed by atoms with Crippen molar-refractivity contribution in [2.75, 3.05) is 13.2 Å². The Labute approximate surface area is 488 Å². The van der Waals surface area contributed by atoms with Gasteiger partial charge in [-0.1, -0.05) is 212 Å². The number of carbonyl (C=O) groups is 1. The van der Waals surface area contributed by atoms with Crippen LogP contribution in [0.1, 0.15) is 43.7 Å². The molecule has 10 rings (SSSR count). The van der Waals surface area contributed by atoms with Crippen molar-refractivity contribution >= 4 is 17.7 Å². The first-order chi connectivity index (χ1) is 41.2. The molecule has 11 nitrogen and oxygen atoms in total. The van der Waals surface area contributed by atoms with E-state index in [-0.39, 0.29) is 46.2 Å². The van der Waals surface area contributed by atoms with E-state index in [2.05, 4.69) is 0 Å². The zero-order valence-corrected chi connectivity index (χ0v) is 46.2. The van der Waals surface area contributed by atoms with Crippen LogP contribution in [0.15, 0.2) is 217 Å². The molecule has 0 bridgehead atoms. The lowest BCUT2D eigenvalue weighted by Gasteiger charge is -2.50. The number of carbonyl (C=O) groups excluding carboxylic acids is 1. The molecule has 2 saturated heterocycles. The molecule has 2 aliphatic heterocycles. The minimum atomic E-state index is -2.44. The summed E-state index contributed by atoms with van der Waals surface area (Å²) in [6, 6.07) is 66.2. The van der Waals surface area contributed by atoms with Crippen molar-refractivity contribution in [1.82, 2.24) is 0 Å². The molecule has 0 aliphatic carbocycles. The summed E-state index contributed by atoms with van der Waals surface area (Å²) in [5.74, 6) is -13.7. The monoisotopic (exact) mass is 1170 g/mol. The van der Waals surface area contributed by atoms with Gasteiger partial charge in [0.2, 0.25) is 5.82 Å². The van der Waals surface area contributed by atoms with E-state index in [1.54, 1.807) is 0 Å². The van der Waals surface area contributed by atoms with Gasteiger partial charge in [-0.2, -0.15) is 0 Å². The third kappa shape index (κ3) is 15.8. The van der Waals surface area contributed by atoms with Crippen molar-refractivity contribution in [3.63, 3.8) is 0 Å². The fourth-order valence-corrected chi connectivity index (χ4v) is 11.0. The van der Waals surface area contributed by atoms with E-state index >= 15 is 8.78 Å². The first-order valence-corrected chi connectivity index (χ1v) is 28.3. The van der Waals surface area contributed by atoms with Crippen LogP contribution in [0.3, 0.4) is 0 Å². The molecule has 0 radical (unpaired) electrons. The van der Waals surface area contributed by atoms with Gasteiger partial charge in [0, 0.05) is 4.90 Å². The molecule has 2 aliphatic rings. The summed E-state index contributed by atoms with van der Waals surface area (Å²) in [5, 5.41) is 0. The summed E-state index contributed by atoms with van der Waals surface area (Å²) in [6.07, 6.45) is -10.6. The number of esters is 1. The van der Waals surface area contributed by atoms with Crippen LogP contribution in [-0.2, 0) is 87.0 Å². The van der Waals surface area contributed by atoms with Crippen molar-refractivity contribution in [3.05, 3.63) is 280 Å². The van der Waals surface area contributed by atoms with E-state index in [4.69, 9.17) is 47.4 Å². The van der Waals surface area contributed by atoms with Gasteiger partial charge >= 0.3 is 5.97 Å². The van der Waals surface area contributed by atoms with Gasteiger partial charge in [-0.25, -0.2) is 26.7 Å². The molecule has 8 aromatic carbocycles. The molecule has 84 heavy (non-hydrogen) atoms. The van der Waals surface area contributed by atoms with Crippen LogP contribution >= 0.6 is 11.8 Å². The smallest absolute Gasteiger partial charge is 0.344 e. The van der Waals surface area contributed by atoms with Crippen molar-refractivity contribution in [2.24, 2.45) is 0 Å². The molecule has 0 N–H and O–H groups in total. The summed E-state index contributed by atoms with van der Waals surface area (Å²) in [4.78, 5) is 14.6. The average molecular weight is 1170 g/mol. The predicted octanol–water partition coefficient (Wildman–Crippen LogP) is 13.3. The molecule has 10 unspecified atom stereocenters. The molecule has 2 heterocycles. The van der Waals surface area contributed by atoms with Gasteiger partial charge < -0.3 is 47.4 Å². The minimum Gasteiger partial charge on any atom is -0.459 e. The van der Waals surface area contributed by atoms with E-state index in [1.807, 2.05) is 212 Å². The highest BCUT2D eigenvalue weighted by Crippen LogP contribution is 2.41. The Morgan fingerprint density at radius 2 is 0.714 bits per heavy atom. The maximum atomic E-state index is 15.4. The number of halogens is 5. The molecular formula is C67H61F5O11S. The molecule has 10 atom stereocenters. The van der Waals surface area contributed by atoms with Crippen LogP contribution in [0.5, 0.6) is 0 Å². The Kier molecular flexibility index (Phi) is 21.5. The number of rotatable bonds is 26. The SMILES string of the molecule is O=C(OCC1OC(Sc2ccccc2)C(OCc2ccccc2)C(OCc2ccccc2)C1OC1OC(COCc2ccccc2)C(OCc2ccccc2)C(OCc2ccccc2)C1OCc1ccccc1)c1c(F)c(F)c(F)c(F)c1F. The number of ether oxygens (including phenoxy) is 10. The molecule has 0 amide bonds. The van der Waals surface area contributed by atoms with Crippen LogP contribution in [0.4, 0.5) is 22.0 Å². The van der Waals surface area contributed by atoms with Crippen molar-refractivity contribution in [3.8, 4) is 0 Å². The highest BCUT2D eigenvalue weighted by atomic mass is 32.2. The number of hydrogen-bond donors (Lipinski definition) is 0. The highest BCUT2D eigenvalue weighted by molar-refractivity contribution is 7.99. The first-order valence-electron chi connectivity index (χ1n) is 27.4. The Bertz CT molecular complexity index is 3250. The molecule has 0 saturated carbocycles. The summed E-state index contributed by atoms with van der Waals surface area (Å²) < 4.78 is 143. The molecule has 17 heteroatoms.